The highest BCUT2D eigenvalue weighted by molar-refractivity contribution is 9.10. The largest absolute Gasteiger partial charge is 0.0713 e. The lowest BCUT2D eigenvalue weighted by Crippen LogP contribution is -2.28. The smallest absolute Gasteiger partial charge is 0.0654 e. The Labute approximate surface area is 238 Å². The zero-order valence-corrected chi connectivity index (χ0v) is 24.7. The average molecular weight is 566 g/mol. The number of benzene rings is 4. The zero-order chi connectivity index (χ0) is 26.4. The molecule has 0 nitrogen and oxygen atoms in total. The second kappa shape index (κ2) is 12.5. The fourth-order valence-corrected chi connectivity index (χ4v) is 6.68. The molecular formula is C37H41Br. The van der Waals surface area contributed by atoms with Gasteiger partial charge < -0.3 is 0 Å². The van der Waals surface area contributed by atoms with Crippen LogP contribution < -0.4 is 0 Å². The molecule has 1 heteroatoms. The first-order chi connectivity index (χ1) is 18.7. The summed E-state index contributed by atoms with van der Waals surface area (Å²) in [5, 5.41) is 0. The normalized spacial score (nSPS) is 13.3. The molecule has 0 spiro atoms. The van der Waals surface area contributed by atoms with Crippen LogP contribution in [0.1, 0.15) is 98.6 Å². The fourth-order valence-electron chi connectivity index (χ4n) is 6.42. The van der Waals surface area contributed by atoms with Crippen molar-refractivity contribution in [1.29, 1.82) is 0 Å². The van der Waals surface area contributed by atoms with Crippen LogP contribution in [-0.4, -0.2) is 0 Å². The maximum atomic E-state index is 3.70. The van der Waals surface area contributed by atoms with Crippen LogP contribution >= 0.6 is 15.9 Å². The van der Waals surface area contributed by atoms with E-state index in [9.17, 15) is 0 Å². The SMILES string of the molecule is CCCCCCc1ccc2c(c1)C(c1ccccc1)(c1ccc(Br)cc1)c1cc(CCCCCC)ccc1-2. The molecule has 5 rings (SSSR count). The molecule has 38 heavy (non-hydrogen) atoms. The van der Waals surface area contributed by atoms with Gasteiger partial charge >= 0.3 is 0 Å². The predicted molar refractivity (Wildman–Crippen MR) is 167 cm³/mol. The Hall–Kier alpha value is -2.64. The van der Waals surface area contributed by atoms with Crippen molar-refractivity contribution < 1.29 is 0 Å². The molecule has 0 heterocycles. The lowest BCUT2D eigenvalue weighted by atomic mass is 9.67. The Morgan fingerprint density at radius 2 is 1.03 bits per heavy atom. The number of fused-ring (bicyclic) bond motifs is 3. The van der Waals surface area contributed by atoms with Crippen LogP contribution in [0.25, 0.3) is 11.1 Å². The van der Waals surface area contributed by atoms with Gasteiger partial charge in [-0.3, -0.25) is 0 Å². The van der Waals surface area contributed by atoms with Crippen LogP contribution in [0.2, 0.25) is 0 Å². The van der Waals surface area contributed by atoms with E-state index in [0.29, 0.717) is 0 Å². The third-order valence-electron chi connectivity index (χ3n) is 8.39. The van der Waals surface area contributed by atoms with Crippen molar-refractivity contribution in [3.8, 4) is 11.1 Å². The summed E-state index contributed by atoms with van der Waals surface area (Å²) >= 11 is 3.70. The highest BCUT2D eigenvalue weighted by Gasteiger charge is 2.46. The number of unbranched alkanes of at least 4 members (excludes halogenated alkanes) is 6. The molecule has 1 aliphatic rings. The number of hydrogen-bond acceptors (Lipinski definition) is 0. The summed E-state index contributed by atoms with van der Waals surface area (Å²) < 4.78 is 1.12. The Kier molecular flexibility index (Phi) is 8.85. The van der Waals surface area contributed by atoms with E-state index in [1.54, 1.807) is 0 Å². The van der Waals surface area contributed by atoms with Gasteiger partial charge in [-0.1, -0.05) is 147 Å². The average Bonchev–Trinajstić information content (AvgIpc) is 3.24. The standard InChI is InChI=1S/C37H41Br/c1-3-5-7-10-14-28-18-24-33-34-25-19-29(15-11-8-6-4-2)27-36(34)37(35(33)26-28,30-16-12-9-13-17-30)31-20-22-32(38)23-21-31/h9,12-13,16-27H,3-8,10-11,14-15H2,1-2H3. The Morgan fingerprint density at radius 1 is 0.526 bits per heavy atom. The first-order valence-corrected chi connectivity index (χ1v) is 15.6. The summed E-state index contributed by atoms with van der Waals surface area (Å²) in [5.74, 6) is 0. The molecule has 4 aromatic carbocycles. The molecule has 0 amide bonds. The maximum absolute atomic E-state index is 3.70. The summed E-state index contributed by atoms with van der Waals surface area (Å²) in [4.78, 5) is 0. The monoisotopic (exact) mass is 564 g/mol. The Balaban J connectivity index is 1.69. The molecule has 0 radical (unpaired) electrons. The van der Waals surface area contributed by atoms with Crippen molar-refractivity contribution in [2.24, 2.45) is 0 Å². The minimum atomic E-state index is -0.314. The molecule has 0 aromatic heterocycles. The van der Waals surface area contributed by atoms with Gasteiger partial charge in [0, 0.05) is 4.47 Å². The molecule has 196 valence electrons. The molecule has 0 bridgehead atoms. The van der Waals surface area contributed by atoms with E-state index in [0.717, 1.165) is 17.3 Å². The molecule has 1 aliphatic carbocycles. The summed E-state index contributed by atoms with van der Waals surface area (Å²) in [5.41, 5.74) is 11.0. The van der Waals surface area contributed by atoms with E-state index in [4.69, 9.17) is 0 Å². The summed E-state index contributed by atoms with van der Waals surface area (Å²) in [6, 6.07) is 35.0. The molecule has 0 saturated carbocycles. The lowest BCUT2D eigenvalue weighted by molar-refractivity contribution is 0.664. The van der Waals surface area contributed by atoms with Crippen LogP contribution in [0.5, 0.6) is 0 Å². The summed E-state index contributed by atoms with van der Waals surface area (Å²) in [6.07, 6.45) is 12.7. The minimum Gasteiger partial charge on any atom is -0.0654 e. The van der Waals surface area contributed by atoms with E-state index in [1.807, 2.05) is 0 Å². The van der Waals surface area contributed by atoms with E-state index in [-0.39, 0.29) is 5.41 Å². The highest BCUT2D eigenvalue weighted by Crippen LogP contribution is 2.56. The van der Waals surface area contributed by atoms with Gasteiger partial charge in [0.1, 0.15) is 0 Å². The molecule has 0 aliphatic heterocycles. The van der Waals surface area contributed by atoms with Crippen molar-refractivity contribution in [2.75, 3.05) is 0 Å². The van der Waals surface area contributed by atoms with Crippen LogP contribution in [-0.2, 0) is 18.3 Å². The van der Waals surface area contributed by atoms with Crippen molar-refractivity contribution in [1.82, 2.24) is 0 Å². The van der Waals surface area contributed by atoms with E-state index in [2.05, 4.69) is 121 Å². The van der Waals surface area contributed by atoms with Crippen molar-refractivity contribution in [3.63, 3.8) is 0 Å². The first-order valence-electron chi connectivity index (χ1n) is 14.8. The number of hydrogen-bond donors (Lipinski definition) is 0. The van der Waals surface area contributed by atoms with Gasteiger partial charge in [-0.15, -0.1) is 0 Å². The molecule has 0 N–H and O–H groups in total. The predicted octanol–water partition coefficient (Wildman–Crippen LogP) is 11.1. The van der Waals surface area contributed by atoms with Crippen LogP contribution in [0.4, 0.5) is 0 Å². The molecule has 0 unspecified atom stereocenters. The number of aryl methyl sites for hydroxylation is 2. The minimum absolute atomic E-state index is 0.314. The van der Waals surface area contributed by atoms with Gasteiger partial charge in [0.25, 0.3) is 0 Å². The number of rotatable bonds is 12. The second-order valence-electron chi connectivity index (χ2n) is 11.0. The van der Waals surface area contributed by atoms with Gasteiger partial charge in [0.05, 0.1) is 5.41 Å². The Morgan fingerprint density at radius 3 is 1.53 bits per heavy atom. The molecular weight excluding hydrogens is 524 g/mol. The molecule has 4 aromatic rings. The number of halogens is 1. The topological polar surface area (TPSA) is 0 Å². The van der Waals surface area contributed by atoms with Crippen LogP contribution in [0.15, 0.2) is 95.5 Å². The van der Waals surface area contributed by atoms with Crippen molar-refractivity contribution in [3.05, 3.63) is 129 Å². The summed E-state index contributed by atoms with van der Waals surface area (Å²) in [6.45, 7) is 4.58. The summed E-state index contributed by atoms with van der Waals surface area (Å²) in [7, 11) is 0. The quantitative estimate of drug-likeness (QED) is 0.132. The van der Waals surface area contributed by atoms with Gasteiger partial charge in [0.15, 0.2) is 0 Å². The van der Waals surface area contributed by atoms with Gasteiger partial charge in [-0.05, 0) is 82.3 Å². The molecule has 0 saturated heterocycles. The van der Waals surface area contributed by atoms with Gasteiger partial charge in [-0.2, -0.15) is 0 Å². The van der Waals surface area contributed by atoms with Crippen LogP contribution in [0, 0.1) is 0 Å². The second-order valence-corrected chi connectivity index (χ2v) is 11.9. The fraction of sp³-hybridized carbons (Fsp3) is 0.351. The van der Waals surface area contributed by atoms with Crippen LogP contribution in [0.3, 0.4) is 0 Å². The molecule has 0 atom stereocenters. The lowest BCUT2D eigenvalue weighted by Gasteiger charge is -2.34. The van der Waals surface area contributed by atoms with E-state index < -0.39 is 0 Å². The van der Waals surface area contributed by atoms with Crippen molar-refractivity contribution in [2.45, 2.75) is 83.5 Å². The van der Waals surface area contributed by atoms with E-state index in [1.165, 1.54) is 95.9 Å². The van der Waals surface area contributed by atoms with E-state index >= 15 is 0 Å². The third-order valence-corrected chi connectivity index (χ3v) is 8.92. The van der Waals surface area contributed by atoms with Gasteiger partial charge in [-0.25, -0.2) is 0 Å². The maximum Gasteiger partial charge on any atom is 0.0713 e. The van der Waals surface area contributed by atoms with Gasteiger partial charge in [0.2, 0.25) is 0 Å². The Bertz CT molecular complexity index is 1270. The van der Waals surface area contributed by atoms with Crippen molar-refractivity contribution >= 4 is 15.9 Å². The first kappa shape index (κ1) is 26.9. The zero-order valence-electron chi connectivity index (χ0n) is 23.1. The third kappa shape index (κ3) is 5.28. The highest BCUT2D eigenvalue weighted by atomic mass is 79.9. The molecule has 0 fully saturated rings.